The third kappa shape index (κ3) is 4.38. The van der Waals surface area contributed by atoms with Gasteiger partial charge in [-0.05, 0) is 33.6 Å². The van der Waals surface area contributed by atoms with Crippen LogP contribution in [0.5, 0.6) is 0 Å². The molecule has 2 aliphatic heterocycles. The van der Waals surface area contributed by atoms with Gasteiger partial charge in [0.15, 0.2) is 0 Å². The number of rotatable bonds is 4. The van der Waals surface area contributed by atoms with Crippen LogP contribution < -0.4 is 16.0 Å². The molecule has 138 valence electrons. The van der Waals surface area contributed by atoms with Crippen LogP contribution in [0.4, 0.5) is 0 Å². The number of nitrogens with one attached hydrogen (secondary N) is 3. The third-order valence-corrected chi connectivity index (χ3v) is 5.01. The number of carbonyl (C=O) groups excluding carboxylic acids is 2. The second-order valence-corrected chi connectivity index (χ2v) is 7.10. The first-order valence-electron chi connectivity index (χ1n) is 8.93. The maximum Gasteiger partial charge on any atom is 0.224 e. The van der Waals surface area contributed by atoms with E-state index in [2.05, 4.69) is 26.0 Å². The van der Waals surface area contributed by atoms with Gasteiger partial charge in [-0.15, -0.1) is 0 Å². The monoisotopic (exact) mass is 349 g/mol. The van der Waals surface area contributed by atoms with E-state index in [1.54, 1.807) is 0 Å². The van der Waals surface area contributed by atoms with Crippen molar-refractivity contribution in [3.63, 3.8) is 0 Å². The average molecular weight is 349 g/mol. The van der Waals surface area contributed by atoms with Crippen LogP contribution in [0.3, 0.4) is 0 Å². The molecule has 2 amide bonds. The van der Waals surface area contributed by atoms with Crippen molar-refractivity contribution in [1.82, 2.24) is 26.0 Å². The lowest BCUT2D eigenvalue weighted by molar-refractivity contribution is -0.127. The van der Waals surface area contributed by atoms with Gasteiger partial charge in [0.2, 0.25) is 11.8 Å². The number of nitrogens with zero attached hydrogens (tertiary/aromatic N) is 2. The minimum absolute atomic E-state index is 0.00515. The van der Waals surface area contributed by atoms with E-state index in [9.17, 15) is 9.59 Å². The largest absolute Gasteiger partial charge is 0.361 e. The zero-order valence-electron chi connectivity index (χ0n) is 15.1. The second-order valence-electron chi connectivity index (χ2n) is 7.10. The first-order chi connectivity index (χ1) is 11.9. The Labute approximate surface area is 147 Å². The van der Waals surface area contributed by atoms with Crippen LogP contribution >= 0.6 is 0 Å². The summed E-state index contributed by atoms with van der Waals surface area (Å²) in [6.45, 7) is 7.37. The Morgan fingerprint density at radius 3 is 2.68 bits per heavy atom. The highest BCUT2D eigenvalue weighted by atomic mass is 16.5. The Kier molecular flexibility index (Phi) is 5.39. The molecule has 0 aromatic carbocycles. The van der Waals surface area contributed by atoms with Crippen molar-refractivity contribution in [2.24, 2.45) is 0 Å². The number of likely N-dealkylation sites (tertiary alicyclic amines) is 1. The number of piperidine rings is 1. The molecule has 0 aliphatic carbocycles. The molecule has 1 aromatic heterocycles. The molecule has 8 nitrogen and oxygen atoms in total. The van der Waals surface area contributed by atoms with E-state index in [1.807, 2.05) is 20.8 Å². The third-order valence-electron chi connectivity index (χ3n) is 5.01. The molecular weight excluding hydrogens is 322 g/mol. The minimum Gasteiger partial charge on any atom is -0.361 e. The summed E-state index contributed by atoms with van der Waals surface area (Å²) in [5.41, 5.74) is 1.65. The lowest BCUT2D eigenvalue weighted by Crippen LogP contribution is -2.65. The van der Waals surface area contributed by atoms with E-state index in [0.717, 1.165) is 37.2 Å². The summed E-state index contributed by atoms with van der Waals surface area (Å²) >= 11 is 0. The van der Waals surface area contributed by atoms with Crippen LogP contribution in [0.25, 0.3) is 0 Å². The topological polar surface area (TPSA) is 99.5 Å². The molecule has 8 heteroatoms. The average Bonchev–Trinajstić information content (AvgIpc) is 2.86. The molecule has 1 aromatic rings. The zero-order valence-corrected chi connectivity index (χ0v) is 15.1. The fourth-order valence-corrected chi connectivity index (χ4v) is 3.55. The highest BCUT2D eigenvalue weighted by Gasteiger charge is 2.30. The van der Waals surface area contributed by atoms with Crippen LogP contribution in [-0.4, -0.2) is 53.3 Å². The Morgan fingerprint density at radius 1 is 1.36 bits per heavy atom. The lowest BCUT2D eigenvalue weighted by Gasteiger charge is -2.41. The van der Waals surface area contributed by atoms with Gasteiger partial charge in [-0.3, -0.25) is 19.8 Å². The van der Waals surface area contributed by atoms with Crippen molar-refractivity contribution in [1.29, 1.82) is 0 Å². The van der Waals surface area contributed by atoms with Gasteiger partial charge >= 0.3 is 0 Å². The zero-order chi connectivity index (χ0) is 18.0. The van der Waals surface area contributed by atoms with Gasteiger partial charge in [-0.1, -0.05) is 5.16 Å². The number of hydrogen-bond donors (Lipinski definition) is 3. The molecule has 3 N–H and O–H groups in total. The summed E-state index contributed by atoms with van der Waals surface area (Å²) in [5.74, 6) is 0.799. The molecule has 0 saturated carbocycles. The van der Waals surface area contributed by atoms with Gasteiger partial charge in [-0.2, -0.15) is 0 Å². The molecule has 0 bridgehead atoms. The van der Waals surface area contributed by atoms with Crippen molar-refractivity contribution < 1.29 is 14.1 Å². The smallest absolute Gasteiger partial charge is 0.224 e. The number of aryl methyl sites for hydroxylation is 2. The van der Waals surface area contributed by atoms with Gasteiger partial charge in [0, 0.05) is 37.2 Å². The van der Waals surface area contributed by atoms with Crippen LogP contribution in [0.15, 0.2) is 4.52 Å². The summed E-state index contributed by atoms with van der Waals surface area (Å²) in [5, 5.41) is 13.4. The molecule has 3 rings (SSSR count). The van der Waals surface area contributed by atoms with E-state index in [0.29, 0.717) is 18.6 Å². The minimum atomic E-state index is -0.102. The number of amides is 2. The molecule has 25 heavy (non-hydrogen) atoms. The number of carbonyl (C=O) groups is 2. The first kappa shape index (κ1) is 17.9. The molecule has 2 unspecified atom stereocenters. The summed E-state index contributed by atoms with van der Waals surface area (Å²) < 4.78 is 5.11. The van der Waals surface area contributed by atoms with Gasteiger partial charge in [0.05, 0.1) is 12.1 Å². The molecule has 3 heterocycles. The highest BCUT2D eigenvalue weighted by molar-refractivity contribution is 5.79. The van der Waals surface area contributed by atoms with Crippen molar-refractivity contribution >= 4 is 11.8 Å². The Balaban J connectivity index is 1.46. The molecule has 2 atom stereocenters. The fraction of sp³-hybridized carbons (Fsp3) is 0.706. The van der Waals surface area contributed by atoms with E-state index in [4.69, 9.17) is 4.52 Å². The lowest BCUT2D eigenvalue weighted by atomic mass is 10.0. The van der Waals surface area contributed by atoms with Crippen LogP contribution in [0.1, 0.15) is 43.2 Å². The maximum atomic E-state index is 12.3. The fourth-order valence-electron chi connectivity index (χ4n) is 3.55. The van der Waals surface area contributed by atoms with Crippen LogP contribution in [0, 0.1) is 13.8 Å². The predicted octanol–water partition coefficient (Wildman–Crippen LogP) is 0.196. The SMILES string of the molecule is Cc1noc(C)c1CC(=O)NC1CCN(C2NC(=O)CC(C)N2)CC1. The van der Waals surface area contributed by atoms with Gasteiger partial charge < -0.3 is 15.2 Å². The normalized spacial score (nSPS) is 25.6. The standard InChI is InChI=1S/C17H27N5O3/c1-10-8-15(23)20-17(18-10)22-6-4-13(5-7-22)19-16(24)9-14-11(2)21-25-12(14)3/h10,13,17-18H,4-9H2,1-3H3,(H,19,24)(H,20,23). The summed E-state index contributed by atoms with van der Waals surface area (Å²) in [6, 6.07) is 0.354. The Hall–Kier alpha value is -1.93. The summed E-state index contributed by atoms with van der Waals surface area (Å²) in [4.78, 5) is 26.2. The van der Waals surface area contributed by atoms with Crippen molar-refractivity contribution in [2.45, 2.75) is 64.8 Å². The second kappa shape index (κ2) is 7.53. The van der Waals surface area contributed by atoms with Crippen LogP contribution in [0.2, 0.25) is 0 Å². The molecule has 2 fully saturated rings. The van der Waals surface area contributed by atoms with E-state index in [1.165, 1.54) is 0 Å². The Morgan fingerprint density at radius 2 is 2.08 bits per heavy atom. The maximum absolute atomic E-state index is 12.3. The van der Waals surface area contributed by atoms with Crippen LogP contribution in [-0.2, 0) is 16.0 Å². The van der Waals surface area contributed by atoms with Gasteiger partial charge in [0.1, 0.15) is 12.0 Å². The Bertz CT molecular complexity index is 617. The van der Waals surface area contributed by atoms with E-state index < -0.39 is 0 Å². The number of aromatic nitrogens is 1. The van der Waals surface area contributed by atoms with E-state index >= 15 is 0 Å². The van der Waals surface area contributed by atoms with Gasteiger partial charge in [0.25, 0.3) is 0 Å². The predicted molar refractivity (Wildman–Crippen MR) is 91.6 cm³/mol. The highest BCUT2D eigenvalue weighted by Crippen LogP contribution is 2.16. The molecule has 0 radical (unpaired) electrons. The molecule has 2 saturated heterocycles. The van der Waals surface area contributed by atoms with Crippen molar-refractivity contribution in [3.8, 4) is 0 Å². The summed E-state index contributed by atoms with van der Waals surface area (Å²) in [7, 11) is 0. The van der Waals surface area contributed by atoms with Crippen molar-refractivity contribution in [2.75, 3.05) is 13.1 Å². The van der Waals surface area contributed by atoms with Gasteiger partial charge in [-0.25, -0.2) is 0 Å². The summed E-state index contributed by atoms with van der Waals surface area (Å²) in [6.07, 6.45) is 2.46. The molecular formula is C17H27N5O3. The van der Waals surface area contributed by atoms with E-state index in [-0.39, 0.29) is 30.2 Å². The van der Waals surface area contributed by atoms with Crippen molar-refractivity contribution in [3.05, 3.63) is 17.0 Å². The molecule has 0 spiro atoms. The quantitative estimate of drug-likeness (QED) is 0.718. The molecule has 2 aliphatic rings. The number of hydrogen-bond acceptors (Lipinski definition) is 6. The first-order valence-corrected chi connectivity index (χ1v) is 8.93.